The number of nitrogens with zero attached hydrogens (tertiary/aromatic N) is 1. The third-order valence-corrected chi connectivity index (χ3v) is 8.53. The Morgan fingerprint density at radius 2 is 1.10 bits per heavy atom. The fourth-order valence-corrected chi connectivity index (χ4v) is 6.50. The fraction of sp³-hybridized carbons (Fsp3) is 0.133. The first-order chi connectivity index (χ1) is 23.8. The SMILES string of the molecule is C1=CC(c2c3ccccc3c(-c3cccc(C4N=C(c5ccccc5)C=C(c5ccccc5)N4)c3)c3ccccc23)=CCN1.CC.CC. The van der Waals surface area contributed by atoms with E-state index in [0.717, 1.165) is 34.6 Å². The normalized spacial score (nSPS) is 15.0. The van der Waals surface area contributed by atoms with Gasteiger partial charge in [0.25, 0.3) is 0 Å². The average molecular weight is 626 g/mol. The van der Waals surface area contributed by atoms with Gasteiger partial charge in [0.05, 0.1) is 5.71 Å². The first-order valence-electron chi connectivity index (χ1n) is 17.1. The van der Waals surface area contributed by atoms with Crippen molar-refractivity contribution in [1.82, 2.24) is 10.6 Å². The lowest BCUT2D eigenvalue weighted by Gasteiger charge is -2.25. The lowest BCUT2D eigenvalue weighted by molar-refractivity contribution is 0.664. The monoisotopic (exact) mass is 625 g/mol. The molecular formula is C45H43N3. The van der Waals surface area contributed by atoms with Gasteiger partial charge in [-0.3, -0.25) is 4.99 Å². The molecule has 2 N–H and O–H groups in total. The second kappa shape index (κ2) is 15.3. The Kier molecular flexibility index (Phi) is 10.3. The predicted molar refractivity (Wildman–Crippen MR) is 208 cm³/mol. The van der Waals surface area contributed by atoms with Gasteiger partial charge in [0, 0.05) is 12.2 Å². The van der Waals surface area contributed by atoms with Crippen LogP contribution >= 0.6 is 0 Å². The van der Waals surface area contributed by atoms with Crippen molar-refractivity contribution in [3.05, 3.63) is 180 Å². The first-order valence-corrected chi connectivity index (χ1v) is 17.1. The second-order valence-electron chi connectivity index (χ2n) is 11.2. The molecule has 0 saturated heterocycles. The van der Waals surface area contributed by atoms with Crippen molar-refractivity contribution in [2.24, 2.45) is 4.99 Å². The molecule has 0 fully saturated rings. The molecule has 238 valence electrons. The molecule has 0 bridgehead atoms. The molecule has 0 spiro atoms. The smallest absolute Gasteiger partial charge is 0.145 e. The summed E-state index contributed by atoms with van der Waals surface area (Å²) < 4.78 is 0. The lowest BCUT2D eigenvalue weighted by Crippen LogP contribution is -2.24. The fourth-order valence-electron chi connectivity index (χ4n) is 6.50. The molecule has 1 atom stereocenters. The number of rotatable bonds is 5. The predicted octanol–water partition coefficient (Wildman–Crippen LogP) is 11.3. The maximum Gasteiger partial charge on any atom is 0.145 e. The number of fused-ring (bicyclic) bond motifs is 2. The number of aliphatic imine (C=N–C) groups is 1. The molecule has 3 nitrogen and oxygen atoms in total. The van der Waals surface area contributed by atoms with Crippen LogP contribution in [0.4, 0.5) is 0 Å². The zero-order valence-corrected chi connectivity index (χ0v) is 28.2. The summed E-state index contributed by atoms with van der Waals surface area (Å²) >= 11 is 0. The van der Waals surface area contributed by atoms with E-state index in [4.69, 9.17) is 4.99 Å². The lowest BCUT2D eigenvalue weighted by atomic mass is 9.85. The van der Waals surface area contributed by atoms with Gasteiger partial charge in [-0.25, -0.2) is 0 Å². The number of benzene rings is 6. The Balaban J connectivity index is 0.000000969. The van der Waals surface area contributed by atoms with Crippen LogP contribution in [0, 0.1) is 0 Å². The molecule has 2 heterocycles. The zero-order valence-electron chi connectivity index (χ0n) is 28.2. The molecule has 6 aromatic rings. The van der Waals surface area contributed by atoms with Crippen LogP contribution < -0.4 is 10.6 Å². The van der Waals surface area contributed by atoms with Crippen molar-refractivity contribution >= 4 is 38.5 Å². The van der Waals surface area contributed by atoms with Crippen molar-refractivity contribution in [1.29, 1.82) is 0 Å². The molecule has 2 aliphatic rings. The number of allylic oxidation sites excluding steroid dienone is 3. The van der Waals surface area contributed by atoms with Gasteiger partial charge in [-0.2, -0.15) is 0 Å². The minimum atomic E-state index is -0.229. The summed E-state index contributed by atoms with van der Waals surface area (Å²) in [6.07, 6.45) is 8.45. The summed E-state index contributed by atoms with van der Waals surface area (Å²) in [6, 6.07) is 47.5. The molecule has 0 aromatic heterocycles. The third kappa shape index (κ3) is 6.45. The second-order valence-corrected chi connectivity index (χ2v) is 11.2. The summed E-state index contributed by atoms with van der Waals surface area (Å²) in [5.41, 5.74) is 10.4. The van der Waals surface area contributed by atoms with E-state index in [9.17, 15) is 0 Å². The molecule has 48 heavy (non-hydrogen) atoms. The van der Waals surface area contributed by atoms with Gasteiger partial charge < -0.3 is 10.6 Å². The van der Waals surface area contributed by atoms with Gasteiger partial charge in [-0.05, 0) is 84.9 Å². The summed E-state index contributed by atoms with van der Waals surface area (Å²) in [5, 5.41) is 12.1. The molecule has 0 saturated carbocycles. The summed E-state index contributed by atoms with van der Waals surface area (Å²) in [6.45, 7) is 8.83. The average Bonchev–Trinajstić information content (AvgIpc) is 3.19. The van der Waals surface area contributed by atoms with Gasteiger partial charge in [0.15, 0.2) is 0 Å². The van der Waals surface area contributed by atoms with Crippen LogP contribution in [0.25, 0.3) is 43.9 Å². The van der Waals surface area contributed by atoms with Crippen LogP contribution in [0.3, 0.4) is 0 Å². The molecular weight excluding hydrogens is 583 g/mol. The van der Waals surface area contributed by atoms with E-state index < -0.39 is 0 Å². The summed E-state index contributed by atoms with van der Waals surface area (Å²) in [5.74, 6) is 0. The molecule has 0 aliphatic carbocycles. The number of dihydropyridines is 1. The van der Waals surface area contributed by atoms with Crippen molar-refractivity contribution < 1.29 is 0 Å². The Morgan fingerprint density at radius 1 is 0.562 bits per heavy atom. The highest BCUT2D eigenvalue weighted by atomic mass is 15.1. The standard InChI is InChI=1S/C41H31N3.2C2H6/c1-3-12-28(13-4-1)37-27-38(29-14-5-2-6-15-29)44-41(43-37)32-17-11-16-31(26-32)40-35-20-9-7-18-33(35)39(30-22-24-42-25-23-30)34-19-8-10-21-36(34)40;2*1-2/h1-24,26-27,41-43H,25H2;2*1-2H3. The van der Waals surface area contributed by atoms with Crippen molar-refractivity contribution in [3.8, 4) is 11.1 Å². The Morgan fingerprint density at radius 3 is 1.69 bits per heavy atom. The summed E-state index contributed by atoms with van der Waals surface area (Å²) in [4.78, 5) is 5.24. The Bertz CT molecular complexity index is 2080. The van der Waals surface area contributed by atoms with E-state index in [-0.39, 0.29) is 6.17 Å². The van der Waals surface area contributed by atoms with Gasteiger partial charge in [-0.1, -0.05) is 161 Å². The van der Waals surface area contributed by atoms with E-state index in [2.05, 4.69) is 162 Å². The van der Waals surface area contributed by atoms with Crippen LogP contribution in [-0.4, -0.2) is 12.3 Å². The largest absolute Gasteiger partial charge is 0.387 e. The maximum absolute atomic E-state index is 5.24. The minimum absolute atomic E-state index is 0.229. The Labute approximate surface area is 285 Å². The van der Waals surface area contributed by atoms with Crippen LogP contribution in [-0.2, 0) is 0 Å². The zero-order chi connectivity index (χ0) is 33.3. The van der Waals surface area contributed by atoms with Gasteiger partial charge in [0.2, 0.25) is 0 Å². The molecule has 2 aliphatic heterocycles. The van der Waals surface area contributed by atoms with Crippen LogP contribution in [0.2, 0.25) is 0 Å². The van der Waals surface area contributed by atoms with Gasteiger partial charge in [0.1, 0.15) is 6.17 Å². The van der Waals surface area contributed by atoms with Gasteiger partial charge >= 0.3 is 0 Å². The van der Waals surface area contributed by atoms with Crippen LogP contribution in [0.5, 0.6) is 0 Å². The number of nitrogens with one attached hydrogen (secondary N) is 2. The molecule has 0 radical (unpaired) electrons. The van der Waals surface area contributed by atoms with E-state index in [1.807, 2.05) is 33.8 Å². The molecule has 0 amide bonds. The molecule has 1 unspecified atom stereocenters. The minimum Gasteiger partial charge on any atom is -0.387 e. The van der Waals surface area contributed by atoms with Gasteiger partial charge in [-0.15, -0.1) is 0 Å². The van der Waals surface area contributed by atoms with Crippen LogP contribution in [0.1, 0.15) is 56.1 Å². The van der Waals surface area contributed by atoms with E-state index in [0.29, 0.717) is 0 Å². The quantitative estimate of drug-likeness (QED) is 0.187. The molecule has 6 aromatic carbocycles. The number of hydrogen-bond donors (Lipinski definition) is 2. The molecule has 8 rings (SSSR count). The van der Waals surface area contributed by atoms with Crippen molar-refractivity contribution in [2.45, 2.75) is 33.9 Å². The third-order valence-electron chi connectivity index (χ3n) is 8.53. The number of hydrogen-bond acceptors (Lipinski definition) is 3. The first kappa shape index (κ1) is 32.3. The molecule has 3 heteroatoms. The Hall–Kier alpha value is -5.67. The highest BCUT2D eigenvalue weighted by Gasteiger charge is 2.22. The van der Waals surface area contributed by atoms with Crippen molar-refractivity contribution in [2.75, 3.05) is 6.54 Å². The van der Waals surface area contributed by atoms with Crippen molar-refractivity contribution in [3.63, 3.8) is 0 Å². The highest BCUT2D eigenvalue weighted by molar-refractivity contribution is 6.19. The van der Waals surface area contributed by atoms with Crippen LogP contribution in [0.15, 0.2) is 163 Å². The van der Waals surface area contributed by atoms with E-state index in [1.54, 1.807) is 0 Å². The summed E-state index contributed by atoms with van der Waals surface area (Å²) in [7, 11) is 0. The van der Waals surface area contributed by atoms with E-state index >= 15 is 0 Å². The maximum atomic E-state index is 5.24. The van der Waals surface area contributed by atoms with E-state index in [1.165, 1.54) is 43.8 Å². The highest BCUT2D eigenvalue weighted by Crippen LogP contribution is 2.43. The topological polar surface area (TPSA) is 36.4 Å².